The van der Waals surface area contributed by atoms with Gasteiger partial charge in [0.1, 0.15) is 5.78 Å². The van der Waals surface area contributed by atoms with Crippen molar-refractivity contribution in [2.45, 2.75) is 51.5 Å². The number of aromatic nitrogens is 2. The molecule has 0 radical (unpaired) electrons. The second-order valence-corrected chi connectivity index (χ2v) is 5.69. The summed E-state index contributed by atoms with van der Waals surface area (Å²) < 4.78 is 2.08. The molecule has 0 aliphatic heterocycles. The Balaban J connectivity index is 1.62. The average Bonchev–Trinajstić information content (AvgIpc) is 2.76. The topological polar surface area (TPSA) is 34.9 Å². The Bertz CT molecular complexity index is 418. The van der Waals surface area contributed by atoms with E-state index in [9.17, 15) is 4.79 Å². The highest BCUT2D eigenvalue weighted by Crippen LogP contribution is 2.39. The summed E-state index contributed by atoms with van der Waals surface area (Å²) in [5.41, 5.74) is 0.959. The van der Waals surface area contributed by atoms with Crippen molar-refractivity contribution in [1.29, 1.82) is 0 Å². The molecule has 2 atom stereocenters. The van der Waals surface area contributed by atoms with Crippen LogP contribution >= 0.6 is 0 Å². The molecule has 0 N–H and O–H groups in total. The number of rotatable bonds is 4. The largest absolute Gasteiger partial charge is 0.299 e. The molecule has 3 rings (SSSR count). The number of carbonyl (C=O) groups excluding carboxylic acids is 1. The van der Waals surface area contributed by atoms with Crippen LogP contribution in [-0.2, 0) is 11.2 Å². The van der Waals surface area contributed by atoms with Gasteiger partial charge in [0.2, 0.25) is 0 Å². The number of ketones is 1. The molecule has 2 fully saturated rings. The fourth-order valence-corrected chi connectivity index (χ4v) is 2.92. The lowest BCUT2D eigenvalue weighted by molar-refractivity contribution is -0.119. The minimum atomic E-state index is 0.326. The highest BCUT2D eigenvalue weighted by molar-refractivity contribution is 5.85. The van der Waals surface area contributed by atoms with Crippen LogP contribution in [0.5, 0.6) is 0 Å². The predicted octanol–water partition coefficient (Wildman–Crippen LogP) is 2.77. The van der Waals surface area contributed by atoms with Crippen LogP contribution in [-0.4, -0.2) is 15.6 Å². The third-order valence-corrected chi connectivity index (χ3v) is 4.24. The molecule has 2 aliphatic carbocycles. The van der Waals surface area contributed by atoms with Gasteiger partial charge < -0.3 is 0 Å². The maximum atomic E-state index is 11.9. The van der Waals surface area contributed by atoms with Gasteiger partial charge in [-0.3, -0.25) is 9.48 Å². The highest BCUT2D eigenvalue weighted by Gasteiger charge is 2.38. The molecular weight excluding hydrogens is 212 g/mol. The Hall–Kier alpha value is -1.12. The van der Waals surface area contributed by atoms with Crippen LogP contribution in [0, 0.1) is 11.8 Å². The lowest BCUT2D eigenvalue weighted by Crippen LogP contribution is -2.09. The molecule has 3 heteroatoms. The van der Waals surface area contributed by atoms with Crippen molar-refractivity contribution in [3.05, 3.63) is 18.0 Å². The van der Waals surface area contributed by atoms with Crippen molar-refractivity contribution in [3.8, 4) is 0 Å². The summed E-state index contributed by atoms with van der Waals surface area (Å²) in [6, 6.07) is 2.60. The molecule has 0 amide bonds. The van der Waals surface area contributed by atoms with Gasteiger partial charge in [0.05, 0.1) is 18.2 Å². The summed E-state index contributed by atoms with van der Waals surface area (Å²) in [4.78, 5) is 11.9. The summed E-state index contributed by atoms with van der Waals surface area (Å²) in [7, 11) is 0. The van der Waals surface area contributed by atoms with Crippen LogP contribution in [0.4, 0.5) is 0 Å². The van der Waals surface area contributed by atoms with Crippen LogP contribution < -0.4 is 0 Å². The predicted molar refractivity (Wildman–Crippen MR) is 65.7 cm³/mol. The molecule has 3 nitrogen and oxygen atoms in total. The summed E-state index contributed by atoms with van der Waals surface area (Å²) in [6.45, 7) is 2.15. The van der Waals surface area contributed by atoms with Gasteiger partial charge in [-0.1, -0.05) is 19.8 Å². The van der Waals surface area contributed by atoms with Crippen LogP contribution in [0.15, 0.2) is 12.3 Å². The highest BCUT2D eigenvalue weighted by atomic mass is 16.1. The molecular formula is C14H20N2O. The fraction of sp³-hybridized carbons (Fsp3) is 0.714. The van der Waals surface area contributed by atoms with Gasteiger partial charge in [0.15, 0.2) is 0 Å². The van der Waals surface area contributed by atoms with Crippen LogP contribution in [0.3, 0.4) is 0 Å². The molecule has 92 valence electrons. The normalized spacial score (nSPS) is 28.5. The lowest BCUT2D eigenvalue weighted by Gasteiger charge is -2.08. The first-order chi connectivity index (χ1) is 8.24. The van der Waals surface area contributed by atoms with Crippen LogP contribution in [0.2, 0.25) is 0 Å². The first kappa shape index (κ1) is 11.0. The Morgan fingerprint density at radius 3 is 2.82 bits per heavy atom. The number of nitrogens with zero attached hydrogens (tertiary/aromatic N) is 2. The van der Waals surface area contributed by atoms with Gasteiger partial charge in [0, 0.05) is 12.1 Å². The monoisotopic (exact) mass is 232 g/mol. The van der Waals surface area contributed by atoms with Crippen LogP contribution in [0.25, 0.3) is 0 Å². The molecule has 1 aromatic rings. The Morgan fingerprint density at radius 1 is 1.47 bits per heavy atom. The van der Waals surface area contributed by atoms with Gasteiger partial charge in [-0.15, -0.1) is 0 Å². The fourth-order valence-electron chi connectivity index (χ4n) is 2.92. The number of hydrogen-bond donors (Lipinski definition) is 0. The third kappa shape index (κ3) is 2.28. The van der Waals surface area contributed by atoms with E-state index in [-0.39, 0.29) is 0 Å². The molecule has 0 saturated heterocycles. The quantitative estimate of drug-likeness (QED) is 0.800. The zero-order chi connectivity index (χ0) is 11.8. The maximum Gasteiger partial charge on any atom is 0.142 e. The molecule has 0 spiro atoms. The molecule has 1 aromatic heterocycles. The van der Waals surface area contributed by atoms with E-state index in [2.05, 4.69) is 22.9 Å². The molecule has 17 heavy (non-hydrogen) atoms. The summed E-state index contributed by atoms with van der Waals surface area (Å²) in [6.07, 6.45) is 8.80. The van der Waals surface area contributed by atoms with Crippen molar-refractivity contribution in [1.82, 2.24) is 9.78 Å². The zero-order valence-electron chi connectivity index (χ0n) is 10.4. The minimum absolute atomic E-state index is 0.326. The van der Waals surface area contributed by atoms with Gasteiger partial charge >= 0.3 is 0 Å². The third-order valence-electron chi connectivity index (χ3n) is 4.24. The minimum Gasteiger partial charge on any atom is -0.299 e. The maximum absolute atomic E-state index is 11.9. The number of carbonyl (C=O) groups is 1. The Morgan fingerprint density at radius 2 is 2.18 bits per heavy atom. The van der Waals surface area contributed by atoms with E-state index in [1.165, 1.54) is 25.7 Å². The van der Waals surface area contributed by atoms with Crippen molar-refractivity contribution in [2.75, 3.05) is 0 Å². The second-order valence-electron chi connectivity index (χ2n) is 5.69. The van der Waals surface area contributed by atoms with Gasteiger partial charge in [-0.05, 0) is 31.2 Å². The first-order valence-electron chi connectivity index (χ1n) is 6.81. The van der Waals surface area contributed by atoms with E-state index in [0.717, 1.165) is 12.1 Å². The van der Waals surface area contributed by atoms with Gasteiger partial charge in [-0.2, -0.15) is 5.10 Å². The average molecular weight is 232 g/mol. The molecule has 0 bridgehead atoms. The summed E-state index contributed by atoms with van der Waals surface area (Å²) in [5.74, 6) is 1.32. The summed E-state index contributed by atoms with van der Waals surface area (Å²) >= 11 is 0. The number of hydrogen-bond acceptors (Lipinski definition) is 2. The van der Waals surface area contributed by atoms with Gasteiger partial charge in [0.25, 0.3) is 0 Å². The van der Waals surface area contributed by atoms with Crippen molar-refractivity contribution < 1.29 is 4.79 Å². The van der Waals surface area contributed by atoms with E-state index >= 15 is 0 Å². The zero-order valence-corrected chi connectivity index (χ0v) is 10.4. The SMILES string of the molecule is CC1CC1C(=O)Cc1ccn(C2CCCC2)n1. The molecule has 2 saturated carbocycles. The molecule has 1 heterocycles. The molecule has 2 aliphatic rings. The Kier molecular flexibility index (Phi) is 2.77. The molecule has 2 unspecified atom stereocenters. The van der Waals surface area contributed by atoms with E-state index in [4.69, 9.17) is 0 Å². The van der Waals surface area contributed by atoms with E-state index in [1.54, 1.807) is 0 Å². The Labute approximate surface area is 102 Å². The van der Waals surface area contributed by atoms with Crippen molar-refractivity contribution in [2.24, 2.45) is 11.8 Å². The first-order valence-corrected chi connectivity index (χ1v) is 6.81. The number of Topliss-reactive ketones (excluding diaryl/α,β-unsaturated/α-hetero) is 1. The van der Waals surface area contributed by atoms with E-state index < -0.39 is 0 Å². The smallest absolute Gasteiger partial charge is 0.142 e. The van der Waals surface area contributed by atoms with Crippen molar-refractivity contribution in [3.63, 3.8) is 0 Å². The van der Waals surface area contributed by atoms with Crippen molar-refractivity contribution >= 4 is 5.78 Å². The van der Waals surface area contributed by atoms with Crippen LogP contribution in [0.1, 0.15) is 50.8 Å². The second kappa shape index (κ2) is 4.28. The molecule has 0 aromatic carbocycles. The van der Waals surface area contributed by atoms with Gasteiger partial charge in [-0.25, -0.2) is 0 Å². The lowest BCUT2D eigenvalue weighted by atomic mass is 10.1. The van der Waals surface area contributed by atoms with E-state index in [0.29, 0.717) is 30.1 Å². The standard InChI is InChI=1S/C14H20N2O/c1-10-8-13(10)14(17)9-11-6-7-16(15-11)12-4-2-3-5-12/h6-7,10,12-13H,2-5,8-9H2,1H3. The van der Waals surface area contributed by atoms with E-state index in [1.807, 2.05) is 6.07 Å². The summed E-state index contributed by atoms with van der Waals surface area (Å²) in [5, 5.41) is 4.56.